The first-order valence-electron chi connectivity index (χ1n) is 8.91. The molecular weight excluding hydrogens is 298 g/mol. The molecule has 0 saturated heterocycles. The molecule has 0 radical (unpaired) electrons. The van der Waals surface area contributed by atoms with Crippen LogP contribution < -0.4 is 0 Å². The molecule has 22 heavy (non-hydrogen) atoms. The SMILES string of the molecule is CCCCCCCCCCCCCS(=N)(=O)CC(=O)OCC. The number of carbonyl (C=O) groups is 1. The van der Waals surface area contributed by atoms with Gasteiger partial charge < -0.3 is 4.74 Å². The van der Waals surface area contributed by atoms with Gasteiger partial charge in [-0.05, 0) is 13.3 Å². The van der Waals surface area contributed by atoms with Gasteiger partial charge in [0.2, 0.25) is 0 Å². The van der Waals surface area contributed by atoms with E-state index < -0.39 is 15.7 Å². The zero-order valence-corrected chi connectivity index (χ0v) is 15.3. The van der Waals surface area contributed by atoms with E-state index in [4.69, 9.17) is 9.52 Å². The molecule has 0 amide bonds. The Morgan fingerprint density at radius 3 is 1.77 bits per heavy atom. The van der Waals surface area contributed by atoms with E-state index in [0.717, 1.165) is 19.3 Å². The van der Waals surface area contributed by atoms with Crippen molar-refractivity contribution in [3.8, 4) is 0 Å². The van der Waals surface area contributed by atoms with Crippen molar-refractivity contribution in [2.75, 3.05) is 18.1 Å². The van der Waals surface area contributed by atoms with Crippen molar-refractivity contribution in [2.24, 2.45) is 0 Å². The Balaban J connectivity index is 3.43. The fourth-order valence-electron chi connectivity index (χ4n) is 2.46. The highest BCUT2D eigenvalue weighted by atomic mass is 32.2. The summed E-state index contributed by atoms with van der Waals surface area (Å²) in [7, 11) is -2.79. The van der Waals surface area contributed by atoms with Crippen molar-refractivity contribution >= 4 is 15.7 Å². The Hall–Kier alpha value is -0.580. The standard InChI is InChI=1S/C17H35NO3S/c1-3-5-6-7-8-9-10-11-12-13-14-15-22(18,20)16-17(19)21-4-2/h18H,3-16H2,1-2H3. The molecule has 0 spiro atoms. The van der Waals surface area contributed by atoms with E-state index in [0.29, 0.717) is 5.75 Å². The number of unbranched alkanes of at least 4 members (excludes halogenated alkanes) is 10. The highest BCUT2D eigenvalue weighted by molar-refractivity contribution is 7.93. The first-order valence-corrected chi connectivity index (χ1v) is 10.8. The van der Waals surface area contributed by atoms with Crippen molar-refractivity contribution in [3.05, 3.63) is 0 Å². The van der Waals surface area contributed by atoms with Crippen LogP contribution in [0.2, 0.25) is 0 Å². The molecule has 0 aliphatic rings. The first kappa shape index (κ1) is 21.4. The second kappa shape index (κ2) is 14.0. The lowest BCUT2D eigenvalue weighted by Crippen LogP contribution is -2.19. The summed E-state index contributed by atoms with van der Waals surface area (Å²) in [6.45, 7) is 4.24. The Morgan fingerprint density at radius 1 is 0.864 bits per heavy atom. The van der Waals surface area contributed by atoms with Crippen molar-refractivity contribution < 1.29 is 13.7 Å². The number of hydrogen-bond acceptors (Lipinski definition) is 4. The molecule has 1 N–H and O–H groups in total. The molecule has 0 saturated carbocycles. The van der Waals surface area contributed by atoms with Crippen LogP contribution in [0, 0.1) is 4.78 Å². The predicted octanol–water partition coefficient (Wildman–Crippen LogP) is 4.91. The Labute approximate surface area is 137 Å². The van der Waals surface area contributed by atoms with Gasteiger partial charge in [-0.1, -0.05) is 71.1 Å². The number of nitrogens with one attached hydrogen (secondary N) is 1. The Kier molecular flexibility index (Phi) is 13.7. The summed E-state index contributed by atoms with van der Waals surface area (Å²) in [5.74, 6) is -0.438. The lowest BCUT2D eigenvalue weighted by Gasteiger charge is -2.07. The van der Waals surface area contributed by atoms with Crippen LogP contribution in [0.4, 0.5) is 0 Å². The van der Waals surface area contributed by atoms with Crippen LogP contribution in [0.5, 0.6) is 0 Å². The van der Waals surface area contributed by atoms with Gasteiger partial charge in [0.05, 0.1) is 16.3 Å². The highest BCUT2D eigenvalue weighted by Gasteiger charge is 2.13. The lowest BCUT2D eigenvalue weighted by molar-refractivity contribution is -0.139. The number of ether oxygens (including phenoxy) is 1. The quantitative estimate of drug-likeness (QED) is 0.342. The third kappa shape index (κ3) is 14.4. The molecule has 4 nitrogen and oxygen atoms in total. The normalized spacial score (nSPS) is 13.7. The molecule has 0 fully saturated rings. The molecule has 0 bridgehead atoms. The van der Waals surface area contributed by atoms with Crippen LogP contribution in [0.15, 0.2) is 0 Å². The summed E-state index contributed by atoms with van der Waals surface area (Å²) in [5, 5.41) is 0. The highest BCUT2D eigenvalue weighted by Crippen LogP contribution is 2.12. The van der Waals surface area contributed by atoms with E-state index in [1.165, 1.54) is 51.4 Å². The van der Waals surface area contributed by atoms with Crippen LogP contribution >= 0.6 is 0 Å². The minimum absolute atomic E-state index is 0.251. The zero-order chi connectivity index (χ0) is 16.7. The molecule has 5 heteroatoms. The first-order chi connectivity index (χ1) is 10.5. The summed E-state index contributed by atoms with van der Waals surface area (Å²) in [5.41, 5.74) is 0. The van der Waals surface area contributed by atoms with Crippen molar-refractivity contribution in [1.82, 2.24) is 0 Å². The summed E-state index contributed by atoms with van der Waals surface area (Å²) < 4.78 is 24.3. The fraction of sp³-hybridized carbons (Fsp3) is 0.941. The Bertz CT molecular complexity index is 366. The van der Waals surface area contributed by atoms with Gasteiger partial charge in [0.1, 0.15) is 5.75 Å². The van der Waals surface area contributed by atoms with Crippen LogP contribution in [-0.2, 0) is 19.3 Å². The third-order valence-electron chi connectivity index (χ3n) is 3.73. The van der Waals surface area contributed by atoms with E-state index in [9.17, 15) is 9.00 Å². The molecule has 1 unspecified atom stereocenters. The fourth-order valence-corrected chi connectivity index (χ4v) is 3.74. The lowest BCUT2D eigenvalue weighted by atomic mass is 10.1. The second-order valence-electron chi connectivity index (χ2n) is 6.00. The minimum Gasteiger partial charge on any atom is -0.465 e. The average Bonchev–Trinajstić information content (AvgIpc) is 2.44. The maximum absolute atomic E-state index is 11.9. The molecule has 0 aliphatic carbocycles. The summed E-state index contributed by atoms with van der Waals surface area (Å²) in [6.07, 6.45) is 13.5. The zero-order valence-electron chi connectivity index (χ0n) is 14.5. The van der Waals surface area contributed by atoms with E-state index in [2.05, 4.69) is 6.92 Å². The maximum atomic E-state index is 11.9. The van der Waals surface area contributed by atoms with Gasteiger partial charge in [-0.3, -0.25) is 9.57 Å². The van der Waals surface area contributed by atoms with Gasteiger partial charge in [-0.15, -0.1) is 0 Å². The molecule has 0 aromatic carbocycles. The second-order valence-corrected chi connectivity index (χ2v) is 8.32. The van der Waals surface area contributed by atoms with Crippen LogP contribution in [0.25, 0.3) is 0 Å². The minimum atomic E-state index is -2.79. The van der Waals surface area contributed by atoms with Gasteiger partial charge in [0.25, 0.3) is 0 Å². The Morgan fingerprint density at radius 2 is 1.32 bits per heavy atom. The summed E-state index contributed by atoms with van der Waals surface area (Å²) in [6, 6.07) is 0. The number of hydrogen-bond donors (Lipinski definition) is 1. The van der Waals surface area contributed by atoms with Gasteiger partial charge in [-0.2, -0.15) is 0 Å². The maximum Gasteiger partial charge on any atom is 0.319 e. The van der Waals surface area contributed by atoms with Crippen LogP contribution in [0.3, 0.4) is 0 Å². The molecule has 132 valence electrons. The van der Waals surface area contributed by atoms with E-state index >= 15 is 0 Å². The number of rotatable bonds is 15. The van der Waals surface area contributed by atoms with Crippen molar-refractivity contribution in [3.63, 3.8) is 0 Å². The monoisotopic (exact) mass is 333 g/mol. The molecule has 0 aromatic heterocycles. The predicted molar refractivity (Wildman–Crippen MR) is 93.7 cm³/mol. The van der Waals surface area contributed by atoms with Crippen LogP contribution in [0.1, 0.15) is 84.5 Å². The summed E-state index contributed by atoms with van der Waals surface area (Å²) >= 11 is 0. The number of esters is 1. The molecular formula is C17H35NO3S. The van der Waals surface area contributed by atoms with Gasteiger partial charge in [-0.25, -0.2) is 4.21 Å². The van der Waals surface area contributed by atoms with Crippen molar-refractivity contribution in [1.29, 1.82) is 4.78 Å². The van der Waals surface area contributed by atoms with Crippen LogP contribution in [-0.4, -0.2) is 28.3 Å². The molecule has 0 aromatic rings. The topological polar surface area (TPSA) is 67.2 Å². The molecule has 0 aliphatic heterocycles. The third-order valence-corrected chi connectivity index (χ3v) is 5.38. The van der Waals surface area contributed by atoms with Gasteiger partial charge >= 0.3 is 5.97 Å². The smallest absolute Gasteiger partial charge is 0.319 e. The van der Waals surface area contributed by atoms with E-state index in [1.807, 2.05) is 0 Å². The van der Waals surface area contributed by atoms with Gasteiger partial charge in [0.15, 0.2) is 0 Å². The molecule has 0 heterocycles. The van der Waals surface area contributed by atoms with Gasteiger partial charge in [0, 0.05) is 5.75 Å². The average molecular weight is 334 g/mol. The summed E-state index contributed by atoms with van der Waals surface area (Å²) in [4.78, 5) is 11.2. The van der Waals surface area contributed by atoms with E-state index in [-0.39, 0.29) is 12.4 Å². The van der Waals surface area contributed by atoms with E-state index in [1.54, 1.807) is 6.92 Å². The molecule has 1 atom stereocenters. The molecule has 0 rings (SSSR count). The van der Waals surface area contributed by atoms with Crippen molar-refractivity contribution in [2.45, 2.75) is 84.5 Å². The number of carbonyl (C=O) groups excluding carboxylic acids is 1. The largest absolute Gasteiger partial charge is 0.465 e.